The van der Waals surface area contributed by atoms with E-state index in [2.05, 4.69) is 13.2 Å². The van der Waals surface area contributed by atoms with Crippen molar-refractivity contribution < 1.29 is 20.4 Å². The smallest absolute Gasteiger partial charge is 0.0662 e. The van der Waals surface area contributed by atoms with Crippen LogP contribution in [0.15, 0.2) is 13.2 Å². The molecular weight excluding hydrogens is 148 g/mol. The van der Waals surface area contributed by atoms with E-state index in [-0.39, 0.29) is 26.4 Å². The van der Waals surface area contributed by atoms with Crippen LogP contribution in [0.3, 0.4) is 0 Å². The predicted molar refractivity (Wildman–Crippen MR) is 44.2 cm³/mol. The second-order valence-electron chi connectivity index (χ2n) is 1.25. The molecule has 0 atom stereocenters. The van der Waals surface area contributed by atoms with Crippen molar-refractivity contribution in [2.75, 3.05) is 26.4 Å². The van der Waals surface area contributed by atoms with E-state index in [4.69, 9.17) is 20.4 Å². The lowest BCUT2D eigenvalue weighted by molar-refractivity contribution is 0.186. The van der Waals surface area contributed by atoms with Crippen molar-refractivity contribution >= 4 is 0 Å². The molecule has 0 aromatic carbocycles. The van der Waals surface area contributed by atoms with E-state index >= 15 is 0 Å². The van der Waals surface area contributed by atoms with Crippen LogP contribution in [0.5, 0.6) is 0 Å². The molecule has 4 N–H and O–H groups in total. The zero-order valence-electron chi connectivity index (χ0n) is 6.74. The Kier molecular flexibility index (Phi) is 51.7. The molecule has 0 heterocycles. The molecule has 0 saturated heterocycles. The Morgan fingerprint density at radius 1 is 0.636 bits per heavy atom. The van der Waals surface area contributed by atoms with Gasteiger partial charge < -0.3 is 20.4 Å². The highest BCUT2D eigenvalue weighted by molar-refractivity contribution is 4.22. The normalized spacial score (nSPS) is 6.91. The summed E-state index contributed by atoms with van der Waals surface area (Å²) in [6.45, 7) is 5.94. The Morgan fingerprint density at radius 3 is 0.909 bits per heavy atom. The van der Waals surface area contributed by atoms with Crippen LogP contribution in [0.2, 0.25) is 0 Å². The zero-order valence-corrected chi connectivity index (χ0v) is 6.74. The Hall–Kier alpha value is -0.420. The first-order valence-electron chi connectivity index (χ1n) is 3.26. The Morgan fingerprint density at radius 2 is 0.909 bits per heavy atom. The minimum atomic E-state index is -0.125. The van der Waals surface area contributed by atoms with Crippen LogP contribution >= 0.6 is 0 Å². The second kappa shape index (κ2) is 33.6. The number of hydrogen-bond donors (Lipinski definition) is 4. The highest BCUT2D eigenvalue weighted by Crippen LogP contribution is 1.65. The van der Waals surface area contributed by atoms with Gasteiger partial charge in [0, 0.05) is 13.2 Å². The summed E-state index contributed by atoms with van der Waals surface area (Å²) in [4.78, 5) is 0. The van der Waals surface area contributed by atoms with Gasteiger partial charge in [0.15, 0.2) is 0 Å². The minimum Gasteiger partial charge on any atom is -0.396 e. The molecule has 0 saturated carbocycles. The molecule has 0 unspecified atom stereocenters. The average molecular weight is 166 g/mol. The SMILES string of the molecule is C=C.OCCCO.OCCO. The molecule has 0 aliphatic carbocycles. The highest BCUT2D eigenvalue weighted by atomic mass is 16.3. The number of hydrogen-bond acceptors (Lipinski definition) is 4. The molecule has 0 aliphatic heterocycles. The van der Waals surface area contributed by atoms with Gasteiger partial charge in [0.25, 0.3) is 0 Å². The number of aliphatic hydroxyl groups is 4. The molecular formula is C7H18O4. The van der Waals surface area contributed by atoms with Crippen molar-refractivity contribution in [2.24, 2.45) is 0 Å². The van der Waals surface area contributed by atoms with E-state index in [1.165, 1.54) is 0 Å². The molecule has 0 fully saturated rings. The van der Waals surface area contributed by atoms with Crippen molar-refractivity contribution in [3.8, 4) is 0 Å². The first-order chi connectivity index (χ1) is 5.33. The van der Waals surface area contributed by atoms with Crippen molar-refractivity contribution in [3.63, 3.8) is 0 Å². The van der Waals surface area contributed by atoms with E-state index in [9.17, 15) is 0 Å². The van der Waals surface area contributed by atoms with E-state index in [0.29, 0.717) is 6.42 Å². The van der Waals surface area contributed by atoms with Gasteiger partial charge in [0.1, 0.15) is 0 Å². The lowest BCUT2D eigenvalue weighted by atomic mass is 10.5. The third-order valence-electron chi connectivity index (χ3n) is 0.416. The summed E-state index contributed by atoms with van der Waals surface area (Å²) in [5, 5.41) is 31.1. The molecule has 0 amide bonds. The van der Waals surface area contributed by atoms with Gasteiger partial charge in [-0.2, -0.15) is 0 Å². The predicted octanol–water partition coefficient (Wildman–Crippen LogP) is -0.866. The summed E-state index contributed by atoms with van der Waals surface area (Å²) < 4.78 is 0. The first-order valence-corrected chi connectivity index (χ1v) is 3.26. The van der Waals surface area contributed by atoms with E-state index < -0.39 is 0 Å². The third-order valence-corrected chi connectivity index (χ3v) is 0.416. The van der Waals surface area contributed by atoms with Crippen LogP contribution in [-0.2, 0) is 0 Å². The molecule has 0 aliphatic rings. The maximum atomic E-state index is 7.91. The van der Waals surface area contributed by atoms with Gasteiger partial charge >= 0.3 is 0 Å². The quantitative estimate of drug-likeness (QED) is 0.411. The molecule has 0 aromatic rings. The highest BCUT2D eigenvalue weighted by Gasteiger charge is 1.70. The Labute approximate surface area is 67.4 Å². The van der Waals surface area contributed by atoms with Gasteiger partial charge in [0.05, 0.1) is 13.2 Å². The van der Waals surface area contributed by atoms with E-state index in [1.54, 1.807) is 0 Å². The monoisotopic (exact) mass is 166 g/mol. The van der Waals surface area contributed by atoms with Crippen LogP contribution < -0.4 is 0 Å². The second-order valence-corrected chi connectivity index (χ2v) is 1.25. The molecule has 70 valence electrons. The molecule has 0 bridgehead atoms. The van der Waals surface area contributed by atoms with Gasteiger partial charge in [0.2, 0.25) is 0 Å². The fraction of sp³-hybridized carbons (Fsp3) is 0.714. The summed E-state index contributed by atoms with van der Waals surface area (Å²) in [5.41, 5.74) is 0. The van der Waals surface area contributed by atoms with Gasteiger partial charge in [-0.3, -0.25) is 0 Å². The third kappa shape index (κ3) is 82.7. The van der Waals surface area contributed by atoms with Crippen LogP contribution in [0.25, 0.3) is 0 Å². The summed E-state index contributed by atoms with van der Waals surface area (Å²) in [7, 11) is 0. The molecule has 0 rings (SSSR count). The average Bonchev–Trinajstić information content (AvgIpc) is 2.10. The van der Waals surface area contributed by atoms with Gasteiger partial charge in [-0.05, 0) is 6.42 Å². The fourth-order valence-corrected chi connectivity index (χ4v) is 0.0707. The first kappa shape index (κ1) is 16.9. The molecule has 0 spiro atoms. The van der Waals surface area contributed by atoms with Crippen molar-refractivity contribution in [3.05, 3.63) is 13.2 Å². The van der Waals surface area contributed by atoms with Crippen LogP contribution in [0.4, 0.5) is 0 Å². The zero-order chi connectivity index (χ0) is 9.54. The van der Waals surface area contributed by atoms with Crippen LogP contribution in [-0.4, -0.2) is 46.9 Å². The minimum absolute atomic E-state index is 0.0938. The molecule has 11 heavy (non-hydrogen) atoms. The Bertz CT molecular complexity index is 37.4. The van der Waals surface area contributed by atoms with Gasteiger partial charge in [-0.25, -0.2) is 0 Å². The summed E-state index contributed by atoms with van der Waals surface area (Å²) in [5.74, 6) is 0. The van der Waals surface area contributed by atoms with E-state index in [0.717, 1.165) is 0 Å². The Balaban J connectivity index is -0.0000000965. The molecule has 4 nitrogen and oxygen atoms in total. The van der Waals surface area contributed by atoms with Crippen molar-refractivity contribution in [1.29, 1.82) is 0 Å². The topological polar surface area (TPSA) is 80.9 Å². The maximum absolute atomic E-state index is 7.91. The summed E-state index contributed by atoms with van der Waals surface area (Å²) >= 11 is 0. The van der Waals surface area contributed by atoms with Gasteiger partial charge in [-0.15, -0.1) is 13.2 Å². The van der Waals surface area contributed by atoms with Crippen molar-refractivity contribution in [2.45, 2.75) is 6.42 Å². The standard InChI is InChI=1S/C3H8O2.C2H6O2.C2H4/c4-2-1-3-5;3-1-2-4;1-2/h4-5H,1-3H2;3-4H,1-2H2;1-2H2. The molecule has 0 aromatic heterocycles. The maximum Gasteiger partial charge on any atom is 0.0662 e. The summed E-state index contributed by atoms with van der Waals surface area (Å²) in [6, 6.07) is 0. The van der Waals surface area contributed by atoms with Crippen LogP contribution in [0.1, 0.15) is 6.42 Å². The fourth-order valence-electron chi connectivity index (χ4n) is 0.0707. The van der Waals surface area contributed by atoms with E-state index in [1.807, 2.05) is 0 Å². The lowest BCUT2D eigenvalue weighted by Crippen LogP contribution is -1.85. The largest absolute Gasteiger partial charge is 0.396 e. The summed E-state index contributed by atoms with van der Waals surface area (Å²) in [6.07, 6.45) is 0.500. The molecule has 4 heteroatoms. The van der Waals surface area contributed by atoms with Gasteiger partial charge in [-0.1, -0.05) is 0 Å². The van der Waals surface area contributed by atoms with Crippen molar-refractivity contribution in [1.82, 2.24) is 0 Å². The molecule has 0 radical (unpaired) electrons. The lowest BCUT2D eigenvalue weighted by Gasteiger charge is -1.79. The van der Waals surface area contributed by atoms with Crippen LogP contribution in [0, 0.1) is 0 Å². The number of aliphatic hydroxyl groups excluding tert-OH is 4. The number of rotatable bonds is 3.